The van der Waals surface area contributed by atoms with Crippen LogP contribution >= 0.6 is 11.3 Å². The van der Waals surface area contributed by atoms with Crippen molar-refractivity contribution < 1.29 is 0 Å². The van der Waals surface area contributed by atoms with Crippen molar-refractivity contribution in [1.82, 2.24) is 14.9 Å². The largest absolute Gasteiger partial charge is 0.310 e. The lowest BCUT2D eigenvalue weighted by Gasteiger charge is -2.12. The Hall–Kier alpha value is -1.20. The molecule has 2 aromatic heterocycles. The van der Waals surface area contributed by atoms with E-state index in [1.807, 2.05) is 4.57 Å². The normalized spacial score (nSPS) is 17.9. The molecule has 2 aromatic rings. The number of hydrogen-bond acceptors (Lipinski definition) is 4. The molecule has 2 aliphatic carbocycles. The fraction of sp³-hybridized carbons (Fsp3) is 0.600. The maximum Gasteiger partial charge on any atom is 0.262 e. The van der Waals surface area contributed by atoms with E-state index in [1.54, 1.807) is 11.3 Å². The van der Waals surface area contributed by atoms with Crippen LogP contribution in [0.1, 0.15) is 48.5 Å². The molecule has 1 saturated carbocycles. The minimum Gasteiger partial charge on any atom is -0.310 e. The fourth-order valence-electron chi connectivity index (χ4n) is 3.17. The molecule has 0 aliphatic heterocycles. The number of aromatic nitrogens is 2. The number of aryl methyl sites for hydroxylation is 2. The molecule has 0 bridgehead atoms. The van der Waals surface area contributed by atoms with Crippen LogP contribution in [-0.2, 0) is 19.4 Å². The van der Waals surface area contributed by atoms with E-state index in [-0.39, 0.29) is 5.56 Å². The van der Waals surface area contributed by atoms with Crippen molar-refractivity contribution in [1.29, 1.82) is 0 Å². The zero-order valence-corrected chi connectivity index (χ0v) is 12.6. The van der Waals surface area contributed by atoms with Crippen molar-refractivity contribution in [3.8, 4) is 0 Å². The standard InChI is InChI=1S/C15H19N3OS/c1-2-16-8-12-17-14-13(10-4-3-5-11(10)20-14)15(19)18(12)9-6-7-9/h9,16H,2-8H2,1H3. The topological polar surface area (TPSA) is 46.9 Å². The predicted octanol–water partition coefficient (Wildman–Crippen LogP) is 2.39. The minimum atomic E-state index is 0.213. The van der Waals surface area contributed by atoms with Crippen LogP contribution in [0.4, 0.5) is 0 Å². The number of rotatable bonds is 4. The number of nitrogens with zero attached hydrogens (tertiary/aromatic N) is 2. The van der Waals surface area contributed by atoms with Crippen molar-refractivity contribution in [2.24, 2.45) is 0 Å². The molecule has 0 aromatic carbocycles. The Morgan fingerprint density at radius 1 is 1.40 bits per heavy atom. The quantitative estimate of drug-likeness (QED) is 0.940. The third-order valence-electron chi connectivity index (χ3n) is 4.29. The van der Waals surface area contributed by atoms with Gasteiger partial charge in [0.1, 0.15) is 10.7 Å². The van der Waals surface area contributed by atoms with Crippen LogP contribution in [0.2, 0.25) is 0 Å². The van der Waals surface area contributed by atoms with Crippen LogP contribution in [-0.4, -0.2) is 16.1 Å². The molecule has 2 heterocycles. The van der Waals surface area contributed by atoms with Gasteiger partial charge < -0.3 is 5.32 Å². The first kappa shape index (κ1) is 12.5. The monoisotopic (exact) mass is 289 g/mol. The van der Waals surface area contributed by atoms with E-state index in [1.165, 1.54) is 16.9 Å². The van der Waals surface area contributed by atoms with Crippen molar-refractivity contribution >= 4 is 21.6 Å². The van der Waals surface area contributed by atoms with Gasteiger partial charge in [0.2, 0.25) is 0 Å². The molecule has 0 radical (unpaired) electrons. The molecular weight excluding hydrogens is 270 g/mol. The molecule has 5 heteroatoms. The summed E-state index contributed by atoms with van der Waals surface area (Å²) in [6.07, 6.45) is 5.63. The molecule has 1 fully saturated rings. The lowest BCUT2D eigenvalue weighted by atomic mass is 10.2. The first-order valence-electron chi connectivity index (χ1n) is 7.56. The second-order valence-corrected chi connectivity index (χ2v) is 6.84. The van der Waals surface area contributed by atoms with E-state index in [0.29, 0.717) is 12.6 Å². The molecule has 4 rings (SSSR count). The SMILES string of the molecule is CCNCc1nc2sc3c(c2c(=O)n1C1CC1)CCC3. The van der Waals surface area contributed by atoms with Gasteiger partial charge in [-0.15, -0.1) is 11.3 Å². The van der Waals surface area contributed by atoms with Gasteiger partial charge in [-0.2, -0.15) is 0 Å². The van der Waals surface area contributed by atoms with Crippen LogP contribution in [0.3, 0.4) is 0 Å². The Morgan fingerprint density at radius 3 is 3.00 bits per heavy atom. The second kappa shape index (κ2) is 4.67. The summed E-state index contributed by atoms with van der Waals surface area (Å²) in [5.74, 6) is 0.923. The number of fused-ring (bicyclic) bond motifs is 3. The van der Waals surface area contributed by atoms with Gasteiger partial charge >= 0.3 is 0 Å². The van der Waals surface area contributed by atoms with Crippen LogP contribution in [0.25, 0.3) is 10.2 Å². The number of nitrogens with one attached hydrogen (secondary N) is 1. The zero-order chi connectivity index (χ0) is 13.7. The Kier molecular flexibility index (Phi) is 2.93. The third-order valence-corrected chi connectivity index (χ3v) is 5.47. The van der Waals surface area contributed by atoms with Crippen LogP contribution in [0.5, 0.6) is 0 Å². The van der Waals surface area contributed by atoms with Gasteiger partial charge in [0, 0.05) is 10.9 Å². The van der Waals surface area contributed by atoms with Gasteiger partial charge in [-0.25, -0.2) is 4.98 Å². The lowest BCUT2D eigenvalue weighted by Crippen LogP contribution is -2.28. The molecular formula is C15H19N3OS. The summed E-state index contributed by atoms with van der Waals surface area (Å²) in [4.78, 5) is 20.1. The first-order valence-corrected chi connectivity index (χ1v) is 8.37. The molecule has 1 N–H and O–H groups in total. The highest BCUT2D eigenvalue weighted by Gasteiger charge is 2.30. The molecule has 0 unspecified atom stereocenters. The molecule has 0 amide bonds. The van der Waals surface area contributed by atoms with Gasteiger partial charge in [0.15, 0.2) is 0 Å². The summed E-state index contributed by atoms with van der Waals surface area (Å²) in [5, 5.41) is 4.24. The highest BCUT2D eigenvalue weighted by molar-refractivity contribution is 7.18. The van der Waals surface area contributed by atoms with Gasteiger partial charge in [-0.3, -0.25) is 9.36 Å². The highest BCUT2D eigenvalue weighted by atomic mass is 32.1. The summed E-state index contributed by atoms with van der Waals surface area (Å²) in [7, 11) is 0. The fourth-order valence-corrected chi connectivity index (χ4v) is 4.44. The molecule has 0 saturated heterocycles. The summed E-state index contributed by atoms with van der Waals surface area (Å²) in [5.41, 5.74) is 1.51. The number of thiophene rings is 1. The smallest absolute Gasteiger partial charge is 0.262 e. The van der Waals surface area contributed by atoms with E-state index in [9.17, 15) is 4.79 Å². The Bertz CT molecular complexity index is 727. The van der Waals surface area contributed by atoms with E-state index in [4.69, 9.17) is 4.98 Å². The molecule has 0 atom stereocenters. The molecule has 20 heavy (non-hydrogen) atoms. The van der Waals surface area contributed by atoms with Crippen LogP contribution in [0.15, 0.2) is 4.79 Å². The number of hydrogen-bond donors (Lipinski definition) is 1. The summed E-state index contributed by atoms with van der Waals surface area (Å²) < 4.78 is 1.97. The summed E-state index contributed by atoms with van der Waals surface area (Å²) >= 11 is 1.74. The Balaban J connectivity index is 1.94. The van der Waals surface area contributed by atoms with Crippen molar-refractivity contribution in [2.75, 3.05) is 6.54 Å². The van der Waals surface area contributed by atoms with E-state index in [0.717, 1.165) is 48.3 Å². The summed E-state index contributed by atoms with van der Waals surface area (Å²) in [6, 6.07) is 0.394. The van der Waals surface area contributed by atoms with E-state index >= 15 is 0 Å². The highest BCUT2D eigenvalue weighted by Crippen LogP contribution is 2.38. The molecule has 2 aliphatic rings. The second-order valence-electron chi connectivity index (χ2n) is 5.75. The summed E-state index contributed by atoms with van der Waals surface area (Å²) in [6.45, 7) is 3.68. The van der Waals surface area contributed by atoms with Gasteiger partial charge in [-0.05, 0) is 44.2 Å². The maximum absolute atomic E-state index is 12.9. The first-order chi connectivity index (χ1) is 9.79. The molecule has 0 spiro atoms. The third kappa shape index (κ3) is 1.84. The van der Waals surface area contributed by atoms with Gasteiger partial charge in [0.25, 0.3) is 5.56 Å². The van der Waals surface area contributed by atoms with Crippen molar-refractivity contribution in [2.45, 2.75) is 51.6 Å². The van der Waals surface area contributed by atoms with Crippen molar-refractivity contribution in [3.63, 3.8) is 0 Å². The average Bonchev–Trinajstić information content (AvgIpc) is 3.05. The van der Waals surface area contributed by atoms with E-state index in [2.05, 4.69) is 12.2 Å². The Labute approximate surface area is 121 Å². The average molecular weight is 289 g/mol. The van der Waals surface area contributed by atoms with Gasteiger partial charge in [-0.1, -0.05) is 6.92 Å². The van der Waals surface area contributed by atoms with Gasteiger partial charge in [0.05, 0.1) is 11.9 Å². The Morgan fingerprint density at radius 2 is 2.25 bits per heavy atom. The van der Waals surface area contributed by atoms with E-state index < -0.39 is 0 Å². The zero-order valence-electron chi connectivity index (χ0n) is 11.7. The maximum atomic E-state index is 12.9. The lowest BCUT2D eigenvalue weighted by molar-refractivity contribution is 0.594. The molecule has 106 valence electrons. The van der Waals surface area contributed by atoms with Crippen molar-refractivity contribution in [3.05, 3.63) is 26.6 Å². The predicted molar refractivity (Wildman–Crippen MR) is 81.6 cm³/mol. The van der Waals surface area contributed by atoms with Crippen LogP contribution in [0, 0.1) is 0 Å². The minimum absolute atomic E-state index is 0.213. The van der Waals surface area contributed by atoms with Crippen LogP contribution < -0.4 is 10.9 Å². The molecule has 4 nitrogen and oxygen atoms in total.